The van der Waals surface area contributed by atoms with E-state index in [1.807, 2.05) is 17.1 Å². The zero-order valence-electron chi connectivity index (χ0n) is 14.3. The first kappa shape index (κ1) is 16.3. The van der Waals surface area contributed by atoms with Gasteiger partial charge in [-0.2, -0.15) is 4.68 Å². The monoisotopic (exact) mass is 332 g/mol. The number of hydrogen-bond acceptors (Lipinski definition) is 5. The van der Waals surface area contributed by atoms with E-state index in [1.54, 1.807) is 0 Å². The van der Waals surface area contributed by atoms with Crippen LogP contribution in [-0.2, 0) is 11.5 Å². The number of hydrogen-bond donors (Lipinski definition) is 1. The van der Waals surface area contributed by atoms with Gasteiger partial charge in [-0.05, 0) is 6.04 Å². The smallest absolute Gasteiger partial charge is 0.216 e. The predicted octanol–water partition coefficient (Wildman–Crippen LogP) is 1.71. The van der Waals surface area contributed by atoms with Crippen molar-refractivity contribution in [3.63, 3.8) is 0 Å². The lowest BCUT2D eigenvalue weighted by Gasteiger charge is -2.29. The van der Waals surface area contributed by atoms with E-state index in [1.165, 1.54) is 6.04 Å². The maximum atomic E-state index is 5.87. The normalized spacial score (nSPS) is 17.7. The van der Waals surface area contributed by atoms with Gasteiger partial charge in [-0.15, -0.1) is 10.1 Å². The molecule has 0 saturated carbocycles. The number of rotatable bonds is 6. The minimum absolute atomic E-state index is 0.491. The molecule has 0 unspecified atom stereocenters. The van der Waals surface area contributed by atoms with Gasteiger partial charge in [0.05, 0.1) is 0 Å². The van der Waals surface area contributed by atoms with Gasteiger partial charge >= 0.3 is 0 Å². The van der Waals surface area contributed by atoms with Gasteiger partial charge in [0.2, 0.25) is 5.56 Å². The highest BCUT2D eigenvalue weighted by Gasteiger charge is 2.30. The predicted molar refractivity (Wildman–Crippen MR) is 95.3 cm³/mol. The Bertz CT molecular complexity index is 596. The highest BCUT2D eigenvalue weighted by Crippen LogP contribution is 2.25. The fraction of sp³-hybridized carbons (Fsp3) is 0.625. The first-order valence-corrected chi connectivity index (χ1v) is 12.0. The van der Waals surface area contributed by atoms with Crippen LogP contribution in [0.25, 0.3) is 5.70 Å². The van der Waals surface area contributed by atoms with Gasteiger partial charge in [0.15, 0.2) is 18.1 Å². The van der Waals surface area contributed by atoms with E-state index in [9.17, 15) is 0 Å². The highest BCUT2D eigenvalue weighted by atomic mass is 28.3. The van der Waals surface area contributed by atoms with E-state index in [0.29, 0.717) is 6.73 Å². The van der Waals surface area contributed by atoms with Crippen molar-refractivity contribution in [1.29, 1.82) is 0 Å². The third-order valence-corrected chi connectivity index (χ3v) is 5.83. The second-order valence-corrected chi connectivity index (χ2v) is 12.9. The maximum Gasteiger partial charge on any atom is 0.216 e. The standard InChI is InChI=1S/C16H26N5OSi/c1-23(2,3)9-8-22-13-21-16-14(11-19-21)10-18-12-15(16)20-6-4-17-5-7-20/h11-12,17H,4-9,13H2,1-3H3/q+1. The minimum atomic E-state index is -1.06. The Labute approximate surface area is 139 Å². The Morgan fingerprint density at radius 3 is 2.83 bits per heavy atom. The summed E-state index contributed by atoms with van der Waals surface area (Å²) in [6.07, 6.45) is 6.77. The third-order valence-electron chi connectivity index (χ3n) is 4.12. The lowest BCUT2D eigenvalue weighted by atomic mass is 10.1. The van der Waals surface area contributed by atoms with Gasteiger partial charge in [-0.1, -0.05) is 19.6 Å². The topological polar surface area (TPSA) is 54.7 Å². The molecule has 1 N–H and O–H groups in total. The van der Waals surface area contributed by atoms with E-state index >= 15 is 0 Å². The van der Waals surface area contributed by atoms with E-state index < -0.39 is 8.07 Å². The number of fused-ring (bicyclic) bond motifs is 1. The number of nitrogens with one attached hydrogen (secondary N) is 1. The zero-order chi connectivity index (χ0) is 16.3. The zero-order valence-corrected chi connectivity index (χ0v) is 15.3. The summed E-state index contributed by atoms with van der Waals surface area (Å²) in [7, 11) is -1.06. The Hall–Kier alpha value is -1.53. The van der Waals surface area contributed by atoms with Crippen LogP contribution in [0.5, 0.6) is 0 Å². The van der Waals surface area contributed by atoms with Crippen LogP contribution < -0.4 is 5.32 Å². The van der Waals surface area contributed by atoms with Crippen LogP contribution in [0.15, 0.2) is 17.4 Å². The molecule has 2 aliphatic rings. The second kappa shape index (κ2) is 6.92. The van der Waals surface area contributed by atoms with Crippen molar-refractivity contribution in [3.8, 4) is 0 Å². The summed E-state index contributed by atoms with van der Waals surface area (Å²) in [6.45, 7) is 12.4. The molecule has 1 aromatic rings. The number of ether oxygens (including phenoxy) is 1. The number of nitrogens with zero attached hydrogens (tertiary/aromatic N) is 4. The van der Waals surface area contributed by atoms with Crippen LogP contribution in [0.3, 0.4) is 0 Å². The van der Waals surface area contributed by atoms with Gasteiger partial charge < -0.3 is 15.0 Å². The molecule has 3 rings (SSSR count). The molecule has 124 valence electrons. The van der Waals surface area contributed by atoms with Crippen LogP contribution in [0.1, 0.15) is 11.3 Å². The minimum Gasteiger partial charge on any atom is -0.358 e. The van der Waals surface area contributed by atoms with Crippen molar-refractivity contribution in [2.75, 3.05) is 32.8 Å². The van der Waals surface area contributed by atoms with E-state index in [2.05, 4.69) is 46.2 Å². The lowest BCUT2D eigenvalue weighted by molar-refractivity contribution is 0.0775. The summed E-state index contributed by atoms with van der Waals surface area (Å²) in [5.74, 6) is 0. The van der Waals surface area contributed by atoms with Crippen molar-refractivity contribution in [2.45, 2.75) is 32.4 Å². The Balaban J connectivity index is 1.69. The molecule has 0 aromatic carbocycles. The molecule has 0 amide bonds. The molecular formula is C16H26N5OSi+. The molecule has 1 fully saturated rings. The summed E-state index contributed by atoms with van der Waals surface area (Å²) in [5.41, 5.74) is 3.16. The molecular weight excluding hydrogens is 306 g/mol. The average Bonchev–Trinajstić information content (AvgIpc) is 2.95. The molecule has 0 atom stereocenters. The summed E-state index contributed by atoms with van der Waals surface area (Å²) >= 11 is 0. The molecule has 23 heavy (non-hydrogen) atoms. The average molecular weight is 333 g/mol. The number of aromatic nitrogens is 2. The van der Waals surface area contributed by atoms with E-state index in [0.717, 1.165) is 49.7 Å². The van der Waals surface area contributed by atoms with Gasteiger partial charge in [0, 0.05) is 40.9 Å². The Kier molecular flexibility index (Phi) is 4.92. The van der Waals surface area contributed by atoms with Crippen LogP contribution in [0, 0.1) is 0 Å². The third kappa shape index (κ3) is 4.06. The number of piperazine rings is 1. The van der Waals surface area contributed by atoms with E-state index in [-0.39, 0.29) is 0 Å². The highest BCUT2D eigenvalue weighted by molar-refractivity contribution is 6.76. The fourth-order valence-electron chi connectivity index (χ4n) is 2.73. The van der Waals surface area contributed by atoms with Crippen molar-refractivity contribution >= 4 is 20.0 Å². The van der Waals surface area contributed by atoms with Crippen LogP contribution >= 0.6 is 0 Å². The van der Waals surface area contributed by atoms with Crippen LogP contribution in [-0.4, -0.2) is 61.8 Å². The largest absolute Gasteiger partial charge is 0.358 e. The molecule has 0 spiro atoms. The molecule has 0 aliphatic carbocycles. The quantitative estimate of drug-likeness (QED) is 0.489. The van der Waals surface area contributed by atoms with Crippen molar-refractivity contribution in [3.05, 3.63) is 23.7 Å². The molecule has 3 heterocycles. The maximum absolute atomic E-state index is 5.87. The molecule has 2 aliphatic heterocycles. The first-order chi connectivity index (χ1) is 11.0. The molecule has 0 radical (unpaired) electrons. The van der Waals surface area contributed by atoms with Gasteiger partial charge in [-0.3, -0.25) is 0 Å². The second-order valence-electron chi connectivity index (χ2n) is 7.25. The van der Waals surface area contributed by atoms with Crippen LogP contribution in [0.2, 0.25) is 25.7 Å². The van der Waals surface area contributed by atoms with Crippen LogP contribution in [0.4, 0.5) is 0 Å². The Morgan fingerprint density at radius 2 is 2.09 bits per heavy atom. The first-order valence-electron chi connectivity index (χ1n) is 8.30. The summed E-state index contributed by atoms with van der Waals surface area (Å²) in [5, 5.41) is 7.86. The molecule has 1 aromatic heterocycles. The summed E-state index contributed by atoms with van der Waals surface area (Å²) < 4.78 is 7.81. The number of aliphatic imine (C=N–C) groups is 1. The van der Waals surface area contributed by atoms with Gasteiger partial charge in [0.25, 0.3) is 0 Å². The van der Waals surface area contributed by atoms with Crippen molar-refractivity contribution < 1.29 is 4.74 Å². The molecule has 6 nitrogen and oxygen atoms in total. The van der Waals surface area contributed by atoms with Crippen molar-refractivity contribution in [1.82, 2.24) is 20.0 Å². The molecule has 0 bridgehead atoms. The van der Waals surface area contributed by atoms with Crippen molar-refractivity contribution in [2.24, 2.45) is 4.99 Å². The summed E-state index contributed by atoms with van der Waals surface area (Å²) in [6, 6.07) is 1.17. The van der Waals surface area contributed by atoms with Gasteiger partial charge in [0.1, 0.15) is 18.6 Å². The Morgan fingerprint density at radius 1 is 1.30 bits per heavy atom. The fourth-order valence-corrected chi connectivity index (χ4v) is 3.48. The van der Waals surface area contributed by atoms with E-state index in [4.69, 9.17) is 4.74 Å². The van der Waals surface area contributed by atoms with Gasteiger partial charge in [-0.25, -0.2) is 0 Å². The SMILES string of the molecule is C[Si](C)(C)CCOCn1ncc2c1C(N1CCNCC1)=CN=[C+]2. The molecule has 1 saturated heterocycles. The molecule has 7 heteroatoms. The lowest BCUT2D eigenvalue weighted by Crippen LogP contribution is -2.43. The summed E-state index contributed by atoms with van der Waals surface area (Å²) in [4.78, 5) is 6.62.